The molecule has 32 heavy (non-hydrogen) atoms. The van der Waals surface area contributed by atoms with Gasteiger partial charge in [-0.2, -0.15) is 0 Å². The highest BCUT2D eigenvalue weighted by Crippen LogP contribution is 2.29. The van der Waals surface area contributed by atoms with Crippen LogP contribution in [0.3, 0.4) is 0 Å². The number of methoxy groups -OCH3 is 1. The molecule has 4 rings (SSSR count). The fraction of sp³-hybridized carbons (Fsp3) is 0.292. The minimum absolute atomic E-state index is 0.158. The summed E-state index contributed by atoms with van der Waals surface area (Å²) in [4.78, 5) is 33.3. The number of carbonyl (C=O) groups excluding carboxylic acids is 2. The first-order valence-corrected chi connectivity index (χ1v) is 11.7. The molecular weight excluding hydrogens is 424 g/mol. The van der Waals surface area contributed by atoms with Gasteiger partial charge in [0.15, 0.2) is 0 Å². The predicted octanol–water partition coefficient (Wildman–Crippen LogP) is 4.15. The number of para-hydroxylation sites is 1. The van der Waals surface area contributed by atoms with Crippen molar-refractivity contribution < 1.29 is 14.3 Å². The second kappa shape index (κ2) is 9.48. The van der Waals surface area contributed by atoms with Crippen LogP contribution in [-0.4, -0.2) is 52.2 Å². The number of amides is 2. The third-order valence-electron chi connectivity index (χ3n) is 5.60. The first-order chi connectivity index (χ1) is 15.5. The van der Waals surface area contributed by atoms with E-state index in [1.807, 2.05) is 54.3 Å². The lowest BCUT2D eigenvalue weighted by Crippen LogP contribution is -2.43. The van der Waals surface area contributed by atoms with Crippen molar-refractivity contribution in [3.8, 4) is 11.4 Å². The lowest BCUT2D eigenvalue weighted by molar-refractivity contribution is -0.119. The first kappa shape index (κ1) is 22.0. The van der Waals surface area contributed by atoms with E-state index in [4.69, 9.17) is 4.74 Å². The number of aryl methyl sites for hydroxylation is 1. The van der Waals surface area contributed by atoms with E-state index in [0.29, 0.717) is 24.3 Å². The Kier molecular flexibility index (Phi) is 6.50. The summed E-state index contributed by atoms with van der Waals surface area (Å²) in [5.74, 6) is 0.240. The van der Waals surface area contributed by atoms with Crippen molar-refractivity contribution in [1.82, 2.24) is 14.5 Å². The highest BCUT2D eigenvalue weighted by molar-refractivity contribution is 7.98. The number of anilines is 1. The number of likely N-dealkylation sites (tertiary alicyclic amines) is 1. The summed E-state index contributed by atoms with van der Waals surface area (Å²) in [6.45, 7) is 2.46. The average molecular weight is 451 g/mol. The highest BCUT2D eigenvalue weighted by Gasteiger charge is 2.35. The lowest BCUT2D eigenvalue weighted by atomic mass is 10.1. The number of nitrogens with zero attached hydrogens (tertiary/aromatic N) is 3. The lowest BCUT2D eigenvalue weighted by Gasteiger charge is -2.25. The normalized spacial score (nSPS) is 15.6. The summed E-state index contributed by atoms with van der Waals surface area (Å²) in [6, 6.07) is 12.5. The van der Waals surface area contributed by atoms with Crippen molar-refractivity contribution in [3.63, 3.8) is 0 Å². The summed E-state index contributed by atoms with van der Waals surface area (Å²) in [7, 11) is 1.58. The number of hydrogen-bond acceptors (Lipinski definition) is 5. The van der Waals surface area contributed by atoms with Gasteiger partial charge in [-0.05, 0) is 56.4 Å². The largest absolute Gasteiger partial charge is 0.495 e. The van der Waals surface area contributed by atoms with Gasteiger partial charge in [0.2, 0.25) is 5.91 Å². The van der Waals surface area contributed by atoms with Gasteiger partial charge in [-0.1, -0.05) is 12.1 Å². The van der Waals surface area contributed by atoms with E-state index in [2.05, 4.69) is 10.3 Å². The Labute approximate surface area is 191 Å². The number of imidazole rings is 1. The fourth-order valence-corrected chi connectivity index (χ4v) is 4.54. The Morgan fingerprint density at radius 3 is 2.75 bits per heavy atom. The fourth-order valence-electron chi connectivity index (χ4n) is 3.99. The summed E-state index contributed by atoms with van der Waals surface area (Å²) in [5, 5.41) is 3.01. The molecule has 0 bridgehead atoms. The maximum atomic E-state index is 13.3. The van der Waals surface area contributed by atoms with Gasteiger partial charge >= 0.3 is 0 Å². The molecule has 1 aliphatic rings. The van der Waals surface area contributed by atoms with Gasteiger partial charge in [0, 0.05) is 23.2 Å². The summed E-state index contributed by atoms with van der Waals surface area (Å²) in [5.41, 5.74) is 2.95. The SMILES string of the molecule is COc1cc(C(=O)N2CCC[C@H]2C(=O)Nc2ccccc2SC)ccc1-n1cnc(C)c1. The molecule has 2 heterocycles. The van der Waals surface area contributed by atoms with Crippen LogP contribution in [0.5, 0.6) is 5.75 Å². The van der Waals surface area contributed by atoms with Gasteiger partial charge in [0.05, 0.1) is 30.5 Å². The van der Waals surface area contributed by atoms with Gasteiger partial charge < -0.3 is 19.5 Å². The first-order valence-electron chi connectivity index (χ1n) is 10.5. The van der Waals surface area contributed by atoms with Crippen LogP contribution in [0.25, 0.3) is 5.69 Å². The van der Waals surface area contributed by atoms with E-state index in [0.717, 1.165) is 28.4 Å². The summed E-state index contributed by atoms with van der Waals surface area (Å²) in [6.07, 6.45) is 7.01. The molecule has 1 aliphatic heterocycles. The van der Waals surface area contributed by atoms with Crippen LogP contribution >= 0.6 is 11.8 Å². The van der Waals surface area contributed by atoms with Crippen LogP contribution in [-0.2, 0) is 4.79 Å². The number of rotatable bonds is 6. The molecule has 0 spiro atoms. The van der Waals surface area contributed by atoms with Crippen molar-refractivity contribution in [3.05, 3.63) is 66.2 Å². The van der Waals surface area contributed by atoms with E-state index >= 15 is 0 Å². The number of benzene rings is 2. The number of nitrogens with one attached hydrogen (secondary N) is 1. The summed E-state index contributed by atoms with van der Waals surface area (Å²) < 4.78 is 7.40. The molecule has 0 saturated carbocycles. The molecule has 0 radical (unpaired) electrons. The van der Waals surface area contributed by atoms with Crippen LogP contribution in [0, 0.1) is 6.92 Å². The molecule has 3 aromatic rings. The van der Waals surface area contributed by atoms with Gasteiger partial charge in [0.25, 0.3) is 5.91 Å². The number of hydrogen-bond donors (Lipinski definition) is 1. The monoisotopic (exact) mass is 450 g/mol. The Hall–Kier alpha value is -3.26. The topological polar surface area (TPSA) is 76.5 Å². The molecule has 2 amide bonds. The van der Waals surface area contributed by atoms with Crippen LogP contribution in [0.1, 0.15) is 28.9 Å². The minimum Gasteiger partial charge on any atom is -0.495 e. The molecule has 1 N–H and O–H groups in total. The van der Waals surface area contributed by atoms with Crippen molar-refractivity contribution >= 4 is 29.3 Å². The maximum absolute atomic E-state index is 13.3. The average Bonchev–Trinajstić information content (AvgIpc) is 3.48. The standard InChI is InChI=1S/C24H26N4O3S/c1-16-14-27(15-25-16)19-11-10-17(13-21(19)31-2)24(30)28-12-6-8-20(28)23(29)26-18-7-4-5-9-22(18)32-3/h4-5,7,9-11,13-15,20H,6,8,12H2,1-3H3,(H,26,29)/t20-/m0/s1. The van der Waals surface area contributed by atoms with E-state index in [1.54, 1.807) is 42.2 Å². The predicted molar refractivity (Wildman–Crippen MR) is 126 cm³/mol. The number of aromatic nitrogens is 2. The number of carbonyl (C=O) groups is 2. The Morgan fingerprint density at radius 2 is 2.03 bits per heavy atom. The Bertz CT molecular complexity index is 1140. The Morgan fingerprint density at radius 1 is 1.22 bits per heavy atom. The second-order valence-corrected chi connectivity index (χ2v) is 8.50. The minimum atomic E-state index is -0.501. The number of ether oxygens (including phenoxy) is 1. The number of thioether (sulfide) groups is 1. The van der Waals surface area contributed by atoms with Crippen molar-refractivity contribution in [1.29, 1.82) is 0 Å². The van der Waals surface area contributed by atoms with E-state index in [1.165, 1.54) is 0 Å². The molecule has 166 valence electrons. The van der Waals surface area contributed by atoms with Gasteiger partial charge in [-0.25, -0.2) is 4.98 Å². The maximum Gasteiger partial charge on any atom is 0.254 e. The zero-order valence-electron chi connectivity index (χ0n) is 18.4. The quantitative estimate of drug-likeness (QED) is 0.571. The van der Waals surface area contributed by atoms with E-state index in [9.17, 15) is 9.59 Å². The molecule has 2 aromatic carbocycles. The summed E-state index contributed by atoms with van der Waals surface area (Å²) >= 11 is 1.57. The molecular formula is C24H26N4O3S. The zero-order chi connectivity index (χ0) is 22.7. The van der Waals surface area contributed by atoms with Crippen LogP contribution in [0.2, 0.25) is 0 Å². The highest BCUT2D eigenvalue weighted by atomic mass is 32.2. The second-order valence-electron chi connectivity index (χ2n) is 7.66. The molecule has 8 heteroatoms. The molecule has 0 aliphatic carbocycles. The molecule has 1 saturated heterocycles. The third-order valence-corrected chi connectivity index (χ3v) is 6.39. The Balaban J connectivity index is 1.55. The van der Waals surface area contributed by atoms with Crippen molar-refractivity contribution in [2.45, 2.75) is 30.7 Å². The smallest absolute Gasteiger partial charge is 0.254 e. The van der Waals surface area contributed by atoms with Gasteiger partial charge in [-0.3, -0.25) is 9.59 Å². The molecule has 1 atom stereocenters. The molecule has 1 fully saturated rings. The van der Waals surface area contributed by atoms with E-state index in [-0.39, 0.29) is 11.8 Å². The van der Waals surface area contributed by atoms with E-state index < -0.39 is 6.04 Å². The van der Waals surface area contributed by atoms with Crippen LogP contribution in [0.4, 0.5) is 5.69 Å². The third kappa shape index (κ3) is 4.36. The van der Waals surface area contributed by atoms with Crippen LogP contribution < -0.4 is 10.1 Å². The molecule has 7 nitrogen and oxygen atoms in total. The van der Waals surface area contributed by atoms with Crippen molar-refractivity contribution in [2.75, 3.05) is 25.2 Å². The van der Waals surface area contributed by atoms with Crippen LogP contribution in [0.15, 0.2) is 59.9 Å². The molecule has 1 aromatic heterocycles. The van der Waals surface area contributed by atoms with Gasteiger partial charge in [0.1, 0.15) is 11.8 Å². The van der Waals surface area contributed by atoms with Crippen molar-refractivity contribution in [2.24, 2.45) is 0 Å². The molecule has 0 unspecified atom stereocenters. The van der Waals surface area contributed by atoms with Gasteiger partial charge in [-0.15, -0.1) is 11.8 Å². The zero-order valence-corrected chi connectivity index (χ0v) is 19.2.